The fourth-order valence-electron chi connectivity index (χ4n) is 4.50. The van der Waals surface area contributed by atoms with Crippen LogP contribution in [-0.2, 0) is 5.54 Å². The van der Waals surface area contributed by atoms with E-state index in [0.29, 0.717) is 17.7 Å². The van der Waals surface area contributed by atoms with Crippen LogP contribution < -0.4 is 4.90 Å². The second-order valence-corrected chi connectivity index (χ2v) is 7.27. The fourth-order valence-corrected chi connectivity index (χ4v) is 4.50. The van der Waals surface area contributed by atoms with Crippen LogP contribution in [0.3, 0.4) is 0 Å². The first kappa shape index (κ1) is 17.6. The Morgan fingerprint density at radius 2 is 1.66 bits per heavy atom. The minimum absolute atomic E-state index is 0.0982. The molecule has 0 aromatic heterocycles. The minimum Gasteiger partial charge on any atom is -0.347 e. The zero-order chi connectivity index (χ0) is 20.2. The molecule has 29 heavy (non-hydrogen) atoms. The highest BCUT2D eigenvalue weighted by Crippen LogP contribution is 2.53. The summed E-state index contributed by atoms with van der Waals surface area (Å²) in [6.07, 6.45) is 3.62. The molecule has 0 amide bonds. The molecule has 0 bridgehead atoms. The maximum Gasteiger partial charge on any atom is 0.199 e. The molecule has 1 heterocycles. The second kappa shape index (κ2) is 6.24. The van der Waals surface area contributed by atoms with Gasteiger partial charge in [0.25, 0.3) is 0 Å². The van der Waals surface area contributed by atoms with Crippen molar-refractivity contribution in [2.24, 2.45) is 0 Å². The molecule has 0 saturated heterocycles. The molecular formula is C25H17F2NO. The summed E-state index contributed by atoms with van der Waals surface area (Å²) in [6.45, 7) is 4.27. The predicted molar refractivity (Wildman–Crippen MR) is 110 cm³/mol. The number of Topliss-reactive ketones (excluding diaryl/α,β-unsaturated/α-hetero) is 1. The summed E-state index contributed by atoms with van der Waals surface area (Å²) >= 11 is 0. The maximum atomic E-state index is 14.3. The first-order valence-corrected chi connectivity index (χ1v) is 9.38. The molecule has 142 valence electrons. The van der Waals surface area contributed by atoms with E-state index < -0.39 is 11.4 Å². The molecule has 0 saturated carbocycles. The van der Waals surface area contributed by atoms with Gasteiger partial charge in [-0.1, -0.05) is 36.4 Å². The van der Waals surface area contributed by atoms with Crippen molar-refractivity contribution >= 4 is 17.0 Å². The molecule has 2 nitrogen and oxygen atoms in total. The highest BCUT2D eigenvalue weighted by atomic mass is 19.1. The Hall–Kier alpha value is -3.53. The SMILES string of the molecule is C=CCN1c2ccccc2C(=O)C12C=C(c1ccc(F)cc1)c1ccc(F)cc12. The number of rotatable bonds is 3. The summed E-state index contributed by atoms with van der Waals surface area (Å²) in [5.74, 6) is -0.836. The zero-order valence-corrected chi connectivity index (χ0v) is 15.5. The predicted octanol–water partition coefficient (Wildman–Crippen LogP) is 5.49. The molecule has 0 fully saturated rings. The molecule has 3 aromatic rings. The number of carbonyl (C=O) groups excluding carboxylic acids is 1. The van der Waals surface area contributed by atoms with E-state index in [9.17, 15) is 13.6 Å². The van der Waals surface area contributed by atoms with Crippen LogP contribution in [0.5, 0.6) is 0 Å². The monoisotopic (exact) mass is 385 g/mol. The van der Waals surface area contributed by atoms with Gasteiger partial charge in [0.2, 0.25) is 0 Å². The minimum atomic E-state index is -1.15. The Bertz CT molecular complexity index is 1200. The topological polar surface area (TPSA) is 20.3 Å². The Morgan fingerprint density at radius 3 is 2.41 bits per heavy atom. The number of halogens is 2. The van der Waals surface area contributed by atoms with E-state index in [-0.39, 0.29) is 11.6 Å². The number of anilines is 1. The smallest absolute Gasteiger partial charge is 0.199 e. The molecule has 1 atom stereocenters. The Labute approximate surface area is 167 Å². The third-order valence-corrected chi connectivity index (χ3v) is 5.71. The van der Waals surface area contributed by atoms with Crippen LogP contribution in [0.25, 0.3) is 5.57 Å². The number of ketones is 1. The number of benzene rings is 3. The second-order valence-electron chi connectivity index (χ2n) is 7.27. The van der Waals surface area contributed by atoms with Crippen LogP contribution in [0.15, 0.2) is 85.5 Å². The van der Waals surface area contributed by atoms with Crippen molar-refractivity contribution in [3.8, 4) is 0 Å². The highest BCUT2D eigenvalue weighted by Gasteiger charge is 2.54. The van der Waals surface area contributed by atoms with Gasteiger partial charge in [0.15, 0.2) is 5.78 Å². The molecule has 5 rings (SSSR count). The van der Waals surface area contributed by atoms with E-state index in [2.05, 4.69) is 6.58 Å². The van der Waals surface area contributed by atoms with Crippen LogP contribution in [-0.4, -0.2) is 12.3 Å². The van der Waals surface area contributed by atoms with Crippen molar-refractivity contribution in [3.63, 3.8) is 0 Å². The summed E-state index contributed by atoms with van der Waals surface area (Å²) in [6, 6.07) is 18.0. The molecule has 0 N–H and O–H groups in total. The van der Waals surface area contributed by atoms with Gasteiger partial charge < -0.3 is 4.90 Å². The van der Waals surface area contributed by atoms with Gasteiger partial charge in [-0.3, -0.25) is 4.79 Å². The number of hydrogen-bond donors (Lipinski definition) is 0. The summed E-state index contributed by atoms with van der Waals surface area (Å²) in [5, 5.41) is 0. The van der Waals surface area contributed by atoms with Crippen molar-refractivity contribution in [2.75, 3.05) is 11.4 Å². The summed E-state index contributed by atoms with van der Waals surface area (Å²) in [4.78, 5) is 15.7. The molecule has 1 spiro atoms. The highest BCUT2D eigenvalue weighted by molar-refractivity contribution is 6.18. The van der Waals surface area contributed by atoms with Crippen LogP contribution in [0.4, 0.5) is 14.5 Å². The lowest BCUT2D eigenvalue weighted by molar-refractivity contribution is 0.0933. The lowest BCUT2D eigenvalue weighted by Gasteiger charge is -2.34. The van der Waals surface area contributed by atoms with Crippen molar-refractivity contribution in [2.45, 2.75) is 5.54 Å². The van der Waals surface area contributed by atoms with Crippen molar-refractivity contribution < 1.29 is 13.6 Å². The first-order valence-electron chi connectivity index (χ1n) is 9.38. The number of hydrogen-bond acceptors (Lipinski definition) is 2. The van der Waals surface area contributed by atoms with Crippen molar-refractivity contribution in [1.82, 2.24) is 0 Å². The third kappa shape index (κ3) is 2.35. The average molecular weight is 385 g/mol. The van der Waals surface area contributed by atoms with Gasteiger partial charge in [-0.2, -0.15) is 0 Å². The molecule has 4 heteroatoms. The average Bonchev–Trinajstić information content (AvgIpc) is 3.18. The van der Waals surface area contributed by atoms with E-state index >= 15 is 0 Å². The molecule has 1 aliphatic carbocycles. The third-order valence-electron chi connectivity index (χ3n) is 5.71. The standard InChI is InChI=1S/C25H17F2NO/c1-2-13-28-23-6-4-3-5-20(23)24(29)25(28)15-21(16-7-9-17(26)10-8-16)19-12-11-18(27)14-22(19)25/h2-12,14-15H,1,13H2. The van der Waals surface area contributed by atoms with Gasteiger partial charge in [0.1, 0.15) is 17.2 Å². The van der Waals surface area contributed by atoms with E-state index in [4.69, 9.17) is 0 Å². The summed E-state index contributed by atoms with van der Waals surface area (Å²) in [5.41, 5.74) is 3.17. The Morgan fingerprint density at radius 1 is 0.931 bits per heavy atom. The maximum absolute atomic E-state index is 14.3. The van der Waals surface area contributed by atoms with E-state index in [0.717, 1.165) is 22.4 Å². The lowest BCUT2D eigenvalue weighted by atomic mass is 9.86. The summed E-state index contributed by atoms with van der Waals surface area (Å²) < 4.78 is 27.8. The van der Waals surface area contributed by atoms with Crippen LogP contribution in [0.1, 0.15) is 27.0 Å². The van der Waals surface area contributed by atoms with Gasteiger partial charge in [-0.25, -0.2) is 8.78 Å². The van der Waals surface area contributed by atoms with Crippen LogP contribution >= 0.6 is 0 Å². The van der Waals surface area contributed by atoms with E-state index in [1.54, 1.807) is 30.3 Å². The number of nitrogens with zero attached hydrogens (tertiary/aromatic N) is 1. The fraction of sp³-hybridized carbons (Fsp3) is 0.0800. The van der Waals surface area contributed by atoms with E-state index in [1.807, 2.05) is 29.2 Å². The lowest BCUT2D eigenvalue weighted by Crippen LogP contribution is -2.45. The Kier molecular flexibility index (Phi) is 3.78. The van der Waals surface area contributed by atoms with Gasteiger partial charge in [0, 0.05) is 23.4 Å². The van der Waals surface area contributed by atoms with Crippen molar-refractivity contribution in [3.05, 3.63) is 119 Å². The van der Waals surface area contributed by atoms with E-state index in [1.165, 1.54) is 24.3 Å². The van der Waals surface area contributed by atoms with Crippen LogP contribution in [0.2, 0.25) is 0 Å². The van der Waals surface area contributed by atoms with Gasteiger partial charge >= 0.3 is 0 Å². The molecule has 1 unspecified atom stereocenters. The van der Waals surface area contributed by atoms with Crippen molar-refractivity contribution in [1.29, 1.82) is 0 Å². The molecule has 2 aliphatic rings. The zero-order valence-electron chi connectivity index (χ0n) is 15.5. The Balaban J connectivity index is 1.82. The molecule has 0 radical (unpaired) electrons. The first-order chi connectivity index (χ1) is 14.1. The number of fused-ring (bicyclic) bond motifs is 3. The molecular weight excluding hydrogens is 368 g/mol. The number of para-hydroxylation sites is 1. The van der Waals surface area contributed by atoms with Gasteiger partial charge in [-0.15, -0.1) is 6.58 Å². The van der Waals surface area contributed by atoms with Gasteiger partial charge in [0.05, 0.1) is 0 Å². The molecule has 1 aliphatic heterocycles. The largest absolute Gasteiger partial charge is 0.347 e. The van der Waals surface area contributed by atoms with Crippen LogP contribution in [0, 0.1) is 11.6 Å². The number of carbonyl (C=O) groups is 1. The molecule has 3 aromatic carbocycles. The quantitative estimate of drug-likeness (QED) is 0.556. The summed E-state index contributed by atoms with van der Waals surface area (Å²) in [7, 11) is 0. The normalized spacial score (nSPS) is 19.3. The van der Waals surface area contributed by atoms with Gasteiger partial charge in [-0.05, 0) is 59.2 Å².